The van der Waals surface area contributed by atoms with E-state index >= 15 is 0 Å². The average Bonchev–Trinajstić information content (AvgIpc) is 3.51. The van der Waals surface area contributed by atoms with E-state index in [0.717, 1.165) is 37.1 Å². The highest BCUT2D eigenvalue weighted by Crippen LogP contribution is 2.71. The van der Waals surface area contributed by atoms with Gasteiger partial charge in [0.25, 0.3) is 0 Å². The van der Waals surface area contributed by atoms with E-state index in [9.17, 15) is 18.8 Å². The monoisotopic (exact) mass is 470 g/mol. The lowest BCUT2D eigenvalue weighted by atomic mass is 9.57. The molecule has 7 rings (SSSR count). The van der Waals surface area contributed by atoms with Crippen molar-refractivity contribution in [1.29, 1.82) is 0 Å². The second-order valence-corrected chi connectivity index (χ2v) is 12.3. The van der Waals surface area contributed by atoms with Gasteiger partial charge in [0.2, 0.25) is 11.8 Å². The molecule has 4 fully saturated rings. The Kier molecular flexibility index (Phi) is 4.01. The number of thiazole rings is 1. The number of nitrogens with zero attached hydrogens (tertiary/aromatic N) is 1. The smallest absolute Gasteiger partial charge is 0.305 e. The second kappa shape index (κ2) is 6.56. The summed E-state index contributed by atoms with van der Waals surface area (Å²) in [5, 5.41) is 1.28. The maximum absolute atomic E-state index is 13.6. The van der Waals surface area contributed by atoms with Gasteiger partial charge in [-0.05, 0) is 61.3 Å². The van der Waals surface area contributed by atoms with Crippen LogP contribution in [0.25, 0.3) is 0 Å². The van der Waals surface area contributed by atoms with Crippen molar-refractivity contribution in [3.05, 3.63) is 44.6 Å². The number of benzene rings is 1. The molecule has 0 radical (unpaired) electrons. The molecule has 6 atom stereocenters. The van der Waals surface area contributed by atoms with Gasteiger partial charge in [-0.25, -0.2) is 4.39 Å². The number of thioether (sulfide) groups is 1. The number of H-pyrrole nitrogens is 1. The number of anilines is 1. The summed E-state index contributed by atoms with van der Waals surface area (Å²) in [6.45, 7) is 0. The molecular weight excluding hydrogens is 447 g/mol. The minimum atomic E-state index is -0.380. The third-order valence-corrected chi connectivity index (χ3v) is 11.6. The number of fused-ring (bicyclic) bond motifs is 11. The zero-order valence-electron chi connectivity index (χ0n) is 17.4. The van der Waals surface area contributed by atoms with Crippen LogP contribution >= 0.6 is 23.1 Å². The summed E-state index contributed by atoms with van der Waals surface area (Å²) in [5.74, 6) is -0.528. The van der Waals surface area contributed by atoms with Gasteiger partial charge < -0.3 is 4.98 Å². The molecule has 2 amide bonds. The highest BCUT2D eigenvalue weighted by Gasteiger charge is 2.72. The lowest BCUT2D eigenvalue weighted by Gasteiger charge is -2.52. The molecule has 2 bridgehead atoms. The number of amides is 2. The fourth-order valence-corrected chi connectivity index (χ4v) is 11.1. The van der Waals surface area contributed by atoms with Crippen LogP contribution in [-0.4, -0.2) is 22.0 Å². The largest absolute Gasteiger partial charge is 0.307 e. The average molecular weight is 471 g/mol. The molecular formula is C24H23FN2O3S2. The first kappa shape index (κ1) is 19.5. The van der Waals surface area contributed by atoms with Crippen molar-refractivity contribution in [1.82, 2.24) is 4.98 Å². The van der Waals surface area contributed by atoms with Crippen molar-refractivity contribution < 1.29 is 14.0 Å². The lowest BCUT2D eigenvalue weighted by molar-refractivity contribution is -0.123. The second-order valence-electron chi connectivity index (χ2n) is 10.1. The summed E-state index contributed by atoms with van der Waals surface area (Å²) < 4.78 is 13.4. The summed E-state index contributed by atoms with van der Waals surface area (Å²) in [6, 6.07) is 5.67. The maximum atomic E-state index is 13.6. The molecule has 3 saturated carbocycles. The van der Waals surface area contributed by atoms with Gasteiger partial charge in [0, 0.05) is 15.5 Å². The Morgan fingerprint density at radius 3 is 2.38 bits per heavy atom. The lowest BCUT2D eigenvalue weighted by Crippen LogP contribution is -2.51. The normalized spacial score (nSPS) is 36.5. The Morgan fingerprint density at radius 2 is 1.66 bits per heavy atom. The van der Waals surface area contributed by atoms with Crippen LogP contribution in [-0.2, 0) is 15.0 Å². The fourth-order valence-electron chi connectivity index (χ4n) is 7.92. The van der Waals surface area contributed by atoms with E-state index in [4.69, 9.17) is 0 Å². The van der Waals surface area contributed by atoms with Gasteiger partial charge in [-0.1, -0.05) is 30.6 Å². The minimum absolute atomic E-state index is 0.00889. The van der Waals surface area contributed by atoms with Crippen LogP contribution in [0.1, 0.15) is 43.4 Å². The zero-order chi connectivity index (χ0) is 21.8. The number of hydrogen-bond donors (Lipinski definition) is 1. The number of rotatable bonds is 1. The fraction of sp³-hybridized carbons (Fsp3) is 0.542. The molecule has 1 spiro atoms. The summed E-state index contributed by atoms with van der Waals surface area (Å²) in [5.41, 5.74) is 0.436. The molecule has 2 aliphatic heterocycles. The van der Waals surface area contributed by atoms with E-state index in [2.05, 4.69) is 4.98 Å². The maximum Gasteiger partial charge on any atom is 0.305 e. The topological polar surface area (TPSA) is 70.2 Å². The Balaban J connectivity index is 1.32. The summed E-state index contributed by atoms with van der Waals surface area (Å²) in [7, 11) is 0. The number of aromatic amines is 1. The summed E-state index contributed by atoms with van der Waals surface area (Å²) in [4.78, 5) is 45.1. The number of nitrogens with one attached hydrogen (secondary N) is 1. The van der Waals surface area contributed by atoms with Gasteiger partial charge in [-0.3, -0.25) is 19.3 Å². The Bertz CT molecular complexity index is 1200. The number of hydrogen-bond acceptors (Lipinski definition) is 5. The van der Waals surface area contributed by atoms with Gasteiger partial charge in [-0.15, -0.1) is 11.8 Å². The summed E-state index contributed by atoms with van der Waals surface area (Å²) in [6.07, 6.45) is 6.59. The summed E-state index contributed by atoms with van der Waals surface area (Å²) >= 11 is 3.12. The van der Waals surface area contributed by atoms with Crippen molar-refractivity contribution in [3.63, 3.8) is 0 Å². The van der Waals surface area contributed by atoms with E-state index in [1.807, 2.05) is 0 Å². The number of carbonyl (C=O) groups excluding carboxylic acids is 2. The van der Waals surface area contributed by atoms with Crippen LogP contribution < -0.4 is 9.77 Å². The van der Waals surface area contributed by atoms with Crippen LogP contribution in [0.2, 0.25) is 0 Å². The Labute approximate surface area is 192 Å². The van der Waals surface area contributed by atoms with E-state index in [0.29, 0.717) is 11.6 Å². The molecule has 0 unspecified atom stereocenters. The van der Waals surface area contributed by atoms with E-state index in [1.165, 1.54) is 51.8 Å². The van der Waals surface area contributed by atoms with Gasteiger partial charge >= 0.3 is 4.87 Å². The van der Waals surface area contributed by atoms with Gasteiger partial charge in [0.15, 0.2) is 0 Å². The van der Waals surface area contributed by atoms with Crippen LogP contribution in [0.4, 0.5) is 10.1 Å². The van der Waals surface area contributed by atoms with Crippen molar-refractivity contribution in [2.45, 2.75) is 54.2 Å². The first-order valence-electron chi connectivity index (χ1n) is 11.5. The molecule has 1 N–H and O–H groups in total. The molecule has 5 aliphatic rings. The molecule has 1 saturated heterocycles. The van der Waals surface area contributed by atoms with Gasteiger partial charge in [0.1, 0.15) is 5.82 Å². The molecule has 166 valence electrons. The quantitative estimate of drug-likeness (QED) is 0.630. The number of aromatic nitrogens is 1. The predicted octanol–water partition coefficient (Wildman–Crippen LogP) is 4.32. The third kappa shape index (κ3) is 2.32. The van der Waals surface area contributed by atoms with Crippen molar-refractivity contribution in [3.8, 4) is 0 Å². The molecule has 1 aromatic carbocycles. The van der Waals surface area contributed by atoms with Gasteiger partial charge in [0.05, 0.1) is 22.5 Å². The van der Waals surface area contributed by atoms with Crippen molar-refractivity contribution in [2.24, 2.45) is 29.6 Å². The predicted molar refractivity (Wildman–Crippen MR) is 120 cm³/mol. The highest BCUT2D eigenvalue weighted by molar-refractivity contribution is 8.00. The molecule has 32 heavy (non-hydrogen) atoms. The first-order chi connectivity index (χ1) is 15.5. The minimum Gasteiger partial charge on any atom is -0.307 e. The zero-order valence-corrected chi connectivity index (χ0v) is 19.0. The van der Waals surface area contributed by atoms with E-state index in [1.54, 1.807) is 11.8 Å². The van der Waals surface area contributed by atoms with Crippen LogP contribution in [0, 0.1) is 35.4 Å². The number of imide groups is 1. The van der Waals surface area contributed by atoms with E-state index in [-0.39, 0.29) is 56.8 Å². The SMILES string of the molecule is O=C1[C@H]2[C@@H]3C[C@H]([C@@H]2C(=O)N1c1ccc(F)cc1)[C@@H]1[C@@H]3Sc2[nH]c(=O)sc2C12CCCCC2. The molecule has 2 aromatic rings. The van der Waals surface area contributed by atoms with Gasteiger partial charge in [-0.2, -0.15) is 0 Å². The first-order valence-corrected chi connectivity index (χ1v) is 13.2. The standard InChI is InChI=1S/C24H23FN2O3S2/c25-11-4-6-12(7-5-11)27-21(28)15-13-10-14(16(15)22(27)29)18-17(13)24(8-2-1-3-9-24)19-20(31-18)26-23(30)32-19/h4-7,13-18H,1-3,8-10H2,(H,26,30)/t13-,14+,15+,16+,17-,18-/m1/s1. The Hall–Kier alpha value is -1.93. The Morgan fingerprint density at radius 1 is 0.969 bits per heavy atom. The molecule has 8 heteroatoms. The third-order valence-electron chi connectivity index (χ3n) is 8.89. The molecule has 1 aromatic heterocycles. The number of carbonyl (C=O) groups is 2. The van der Waals surface area contributed by atoms with Crippen LogP contribution in [0.15, 0.2) is 34.1 Å². The number of halogens is 1. The molecule has 5 nitrogen and oxygen atoms in total. The van der Waals surface area contributed by atoms with Crippen LogP contribution in [0.5, 0.6) is 0 Å². The van der Waals surface area contributed by atoms with Crippen LogP contribution in [0.3, 0.4) is 0 Å². The van der Waals surface area contributed by atoms with Crippen molar-refractivity contribution in [2.75, 3.05) is 4.90 Å². The highest BCUT2D eigenvalue weighted by atomic mass is 32.2. The van der Waals surface area contributed by atoms with E-state index < -0.39 is 0 Å². The molecule has 3 heterocycles. The molecule has 3 aliphatic carbocycles. The van der Waals surface area contributed by atoms with Crippen molar-refractivity contribution >= 4 is 40.6 Å².